The van der Waals surface area contributed by atoms with Gasteiger partial charge >= 0.3 is 0 Å². The largest absolute Gasteiger partial charge is 0.379 e. The summed E-state index contributed by atoms with van der Waals surface area (Å²) in [5.41, 5.74) is 5.20. The van der Waals surface area contributed by atoms with Crippen LogP contribution in [0.2, 0.25) is 0 Å². The monoisotopic (exact) mass is 234 g/mol. The van der Waals surface area contributed by atoms with Gasteiger partial charge in [0.2, 0.25) is 10.0 Å². The number of aromatic amines is 1. The summed E-state index contributed by atoms with van der Waals surface area (Å²) in [6, 6.07) is 0. The second-order valence-corrected chi connectivity index (χ2v) is 4.50. The van der Waals surface area contributed by atoms with Crippen molar-refractivity contribution in [3.8, 4) is 0 Å². The van der Waals surface area contributed by atoms with E-state index in [2.05, 4.69) is 14.9 Å². The molecule has 7 nitrogen and oxygen atoms in total. The highest BCUT2D eigenvalue weighted by molar-refractivity contribution is 7.89. The van der Waals surface area contributed by atoms with E-state index in [-0.39, 0.29) is 11.4 Å². The van der Waals surface area contributed by atoms with Gasteiger partial charge in [-0.25, -0.2) is 13.1 Å². The van der Waals surface area contributed by atoms with Gasteiger partial charge in [0, 0.05) is 19.3 Å². The maximum Gasteiger partial charge on any atom is 0.243 e. The molecule has 1 heterocycles. The summed E-state index contributed by atoms with van der Waals surface area (Å²) in [4.78, 5) is 0.112. The SMILES string of the molecule is NCCOCCNS(=O)(=O)c1cn[nH]c1. The number of hydrogen-bond acceptors (Lipinski definition) is 5. The fraction of sp³-hybridized carbons (Fsp3) is 0.571. The Morgan fingerprint density at radius 3 is 2.93 bits per heavy atom. The third-order valence-electron chi connectivity index (χ3n) is 1.58. The molecule has 0 saturated heterocycles. The second kappa shape index (κ2) is 5.81. The van der Waals surface area contributed by atoms with Gasteiger partial charge < -0.3 is 10.5 Å². The summed E-state index contributed by atoms with van der Waals surface area (Å²) < 4.78 is 30.3. The van der Waals surface area contributed by atoms with Crippen molar-refractivity contribution in [1.29, 1.82) is 0 Å². The molecular weight excluding hydrogens is 220 g/mol. The first-order chi connectivity index (χ1) is 7.17. The van der Waals surface area contributed by atoms with E-state index in [9.17, 15) is 8.42 Å². The molecule has 0 aromatic carbocycles. The summed E-state index contributed by atoms with van der Waals surface area (Å²) in [6.07, 6.45) is 2.55. The average Bonchev–Trinajstić information content (AvgIpc) is 2.70. The van der Waals surface area contributed by atoms with Gasteiger partial charge in [0.25, 0.3) is 0 Å². The van der Waals surface area contributed by atoms with E-state index in [1.807, 2.05) is 0 Å². The molecule has 0 spiro atoms. The van der Waals surface area contributed by atoms with Crippen LogP contribution in [0.5, 0.6) is 0 Å². The molecule has 0 fully saturated rings. The lowest BCUT2D eigenvalue weighted by Gasteiger charge is -2.04. The molecule has 8 heteroatoms. The minimum atomic E-state index is -3.46. The number of sulfonamides is 1. The van der Waals surface area contributed by atoms with Gasteiger partial charge in [-0.3, -0.25) is 5.10 Å². The number of nitrogens with zero attached hydrogens (tertiary/aromatic N) is 1. The third kappa shape index (κ3) is 3.96. The third-order valence-corrected chi connectivity index (χ3v) is 3.01. The molecule has 15 heavy (non-hydrogen) atoms. The van der Waals surface area contributed by atoms with Gasteiger partial charge in [0.1, 0.15) is 4.90 Å². The number of aromatic nitrogens is 2. The van der Waals surface area contributed by atoms with Gasteiger partial charge in [-0.05, 0) is 0 Å². The van der Waals surface area contributed by atoms with Gasteiger partial charge in [0.05, 0.1) is 19.4 Å². The molecule has 1 rings (SSSR count). The quantitative estimate of drug-likeness (QED) is 0.506. The number of nitrogens with two attached hydrogens (primary N) is 1. The molecule has 0 radical (unpaired) electrons. The number of hydrogen-bond donors (Lipinski definition) is 3. The van der Waals surface area contributed by atoms with Crippen LogP contribution in [0.1, 0.15) is 0 Å². The molecule has 0 atom stereocenters. The van der Waals surface area contributed by atoms with Crippen LogP contribution in [0.3, 0.4) is 0 Å². The van der Waals surface area contributed by atoms with Crippen LogP contribution in [-0.4, -0.2) is 44.9 Å². The van der Waals surface area contributed by atoms with E-state index in [1.54, 1.807) is 0 Å². The van der Waals surface area contributed by atoms with Crippen molar-refractivity contribution in [2.24, 2.45) is 5.73 Å². The second-order valence-electron chi connectivity index (χ2n) is 2.73. The zero-order valence-corrected chi connectivity index (χ0v) is 8.96. The minimum absolute atomic E-state index is 0.112. The van der Waals surface area contributed by atoms with E-state index in [0.29, 0.717) is 19.8 Å². The lowest BCUT2D eigenvalue weighted by atomic mass is 10.7. The van der Waals surface area contributed by atoms with E-state index in [4.69, 9.17) is 10.5 Å². The van der Waals surface area contributed by atoms with Gasteiger partial charge in [-0.2, -0.15) is 5.10 Å². The lowest BCUT2D eigenvalue weighted by Crippen LogP contribution is -2.27. The minimum Gasteiger partial charge on any atom is -0.379 e. The van der Waals surface area contributed by atoms with E-state index in [0.717, 1.165) is 0 Å². The van der Waals surface area contributed by atoms with Crippen molar-refractivity contribution >= 4 is 10.0 Å². The average molecular weight is 234 g/mol. The first-order valence-electron chi connectivity index (χ1n) is 4.43. The predicted octanol–water partition coefficient (Wildman–Crippen LogP) is -1.34. The Hall–Kier alpha value is -0.960. The molecule has 0 aliphatic heterocycles. The lowest BCUT2D eigenvalue weighted by molar-refractivity contribution is 0.147. The number of rotatable bonds is 7. The summed E-state index contributed by atoms with van der Waals surface area (Å²) in [6.45, 7) is 1.36. The van der Waals surface area contributed by atoms with Crippen molar-refractivity contribution in [2.45, 2.75) is 4.90 Å². The Kier molecular flexibility index (Phi) is 4.69. The highest BCUT2D eigenvalue weighted by Gasteiger charge is 2.13. The van der Waals surface area contributed by atoms with Crippen molar-refractivity contribution in [2.75, 3.05) is 26.3 Å². The topological polar surface area (TPSA) is 110 Å². The Morgan fingerprint density at radius 1 is 1.53 bits per heavy atom. The van der Waals surface area contributed by atoms with Gasteiger partial charge in [-0.1, -0.05) is 0 Å². The Labute approximate surface area is 88.1 Å². The number of H-pyrrole nitrogens is 1. The van der Waals surface area contributed by atoms with Gasteiger partial charge in [0.15, 0.2) is 0 Å². The molecule has 0 aliphatic carbocycles. The number of ether oxygens (including phenoxy) is 1. The molecule has 1 aromatic heterocycles. The fourth-order valence-electron chi connectivity index (χ4n) is 0.903. The maximum atomic E-state index is 11.5. The van der Waals surface area contributed by atoms with Gasteiger partial charge in [-0.15, -0.1) is 0 Å². The van der Waals surface area contributed by atoms with E-state index >= 15 is 0 Å². The highest BCUT2D eigenvalue weighted by Crippen LogP contribution is 2.02. The van der Waals surface area contributed by atoms with Crippen molar-refractivity contribution in [3.63, 3.8) is 0 Å². The molecule has 0 saturated carbocycles. The Bertz CT molecular complexity index is 362. The molecule has 0 amide bonds. The van der Waals surface area contributed by atoms with Crippen LogP contribution in [0.15, 0.2) is 17.3 Å². The van der Waals surface area contributed by atoms with Crippen LogP contribution in [-0.2, 0) is 14.8 Å². The molecule has 1 aromatic rings. The normalized spacial score (nSPS) is 11.8. The first kappa shape index (κ1) is 12.1. The van der Waals surface area contributed by atoms with E-state index < -0.39 is 10.0 Å². The predicted molar refractivity (Wildman–Crippen MR) is 53.6 cm³/mol. The van der Waals surface area contributed by atoms with Crippen molar-refractivity contribution in [3.05, 3.63) is 12.4 Å². The smallest absolute Gasteiger partial charge is 0.243 e. The Balaban J connectivity index is 2.32. The van der Waals surface area contributed by atoms with Crippen LogP contribution in [0.25, 0.3) is 0 Å². The molecule has 86 valence electrons. The molecule has 0 bridgehead atoms. The van der Waals surface area contributed by atoms with Crippen LogP contribution in [0.4, 0.5) is 0 Å². The summed E-state index contributed by atoms with van der Waals surface area (Å²) in [5, 5.41) is 5.98. The zero-order valence-electron chi connectivity index (χ0n) is 8.14. The summed E-state index contributed by atoms with van der Waals surface area (Å²) >= 11 is 0. The molecule has 0 unspecified atom stereocenters. The molecular formula is C7H14N4O3S. The zero-order chi connectivity index (χ0) is 11.1. The van der Waals surface area contributed by atoms with Crippen LogP contribution >= 0.6 is 0 Å². The summed E-state index contributed by atoms with van der Waals surface area (Å²) in [7, 11) is -3.46. The summed E-state index contributed by atoms with van der Waals surface area (Å²) in [5.74, 6) is 0. The van der Waals surface area contributed by atoms with Crippen LogP contribution < -0.4 is 10.5 Å². The highest BCUT2D eigenvalue weighted by atomic mass is 32.2. The van der Waals surface area contributed by atoms with E-state index in [1.165, 1.54) is 12.4 Å². The Morgan fingerprint density at radius 2 is 2.33 bits per heavy atom. The standard InChI is InChI=1S/C7H14N4O3S/c8-1-3-14-4-2-11-15(12,13)7-5-9-10-6-7/h5-6,11H,1-4,8H2,(H,9,10). The maximum absolute atomic E-state index is 11.5. The van der Waals surface area contributed by atoms with Crippen molar-refractivity contribution in [1.82, 2.24) is 14.9 Å². The van der Waals surface area contributed by atoms with Crippen LogP contribution in [0, 0.1) is 0 Å². The number of nitrogens with one attached hydrogen (secondary N) is 2. The molecule has 4 N–H and O–H groups in total. The first-order valence-corrected chi connectivity index (χ1v) is 5.91. The van der Waals surface area contributed by atoms with Crippen molar-refractivity contribution < 1.29 is 13.2 Å². The fourth-order valence-corrected chi connectivity index (χ4v) is 1.82. The molecule has 0 aliphatic rings.